The van der Waals surface area contributed by atoms with Crippen molar-refractivity contribution in [1.82, 2.24) is 0 Å². The maximum Gasteiger partial charge on any atom is 0.340 e. The van der Waals surface area contributed by atoms with Gasteiger partial charge in [-0.05, 0) is 43.2 Å². The zero-order valence-corrected chi connectivity index (χ0v) is 13.4. The van der Waals surface area contributed by atoms with E-state index in [1.807, 2.05) is 0 Å². The van der Waals surface area contributed by atoms with Gasteiger partial charge in [0.1, 0.15) is 18.2 Å². The smallest absolute Gasteiger partial charge is 0.340 e. The van der Waals surface area contributed by atoms with Gasteiger partial charge in [0.25, 0.3) is 0 Å². The van der Waals surface area contributed by atoms with E-state index in [2.05, 4.69) is 4.74 Å². The van der Waals surface area contributed by atoms with Crippen LogP contribution in [-0.4, -0.2) is 30.4 Å². The molecule has 126 valence electrons. The van der Waals surface area contributed by atoms with Gasteiger partial charge in [0, 0.05) is 6.07 Å². The molecule has 4 nitrogen and oxygen atoms in total. The average molecular weight is 322 g/mol. The molecule has 0 spiro atoms. The minimum Gasteiger partial charge on any atom is -0.490 e. The fraction of sp³-hybridized carbons (Fsp3) is 0.611. The number of methoxy groups -OCH3 is 1. The van der Waals surface area contributed by atoms with Gasteiger partial charge in [-0.1, -0.05) is 19.3 Å². The Morgan fingerprint density at radius 3 is 2.61 bits per heavy atom. The summed E-state index contributed by atoms with van der Waals surface area (Å²) >= 11 is 0. The van der Waals surface area contributed by atoms with Crippen LogP contribution in [0.15, 0.2) is 12.1 Å². The van der Waals surface area contributed by atoms with Gasteiger partial charge in [0.05, 0.1) is 18.3 Å². The van der Waals surface area contributed by atoms with Gasteiger partial charge in [-0.2, -0.15) is 0 Å². The molecule has 0 heterocycles. The summed E-state index contributed by atoms with van der Waals surface area (Å²) in [5, 5.41) is 10.5. The number of ether oxygens (including phenoxy) is 2. The summed E-state index contributed by atoms with van der Waals surface area (Å²) in [6.45, 7) is 0.170. The number of carbonyl (C=O) groups excluding carboxylic acids is 1. The molecule has 1 N–H and O–H groups in total. The molecular weight excluding hydrogens is 299 g/mol. The van der Waals surface area contributed by atoms with Gasteiger partial charge >= 0.3 is 5.97 Å². The number of hydrogen-bond donors (Lipinski definition) is 1. The number of aliphatic hydroxyl groups is 1. The lowest BCUT2D eigenvalue weighted by Gasteiger charge is -2.32. The third-order valence-electron chi connectivity index (χ3n) is 4.80. The molecular formula is C18H23FO4. The molecule has 1 aromatic rings. The van der Waals surface area contributed by atoms with Crippen molar-refractivity contribution in [2.45, 2.75) is 56.5 Å². The summed E-state index contributed by atoms with van der Waals surface area (Å²) in [5.74, 6) is -0.583. The van der Waals surface area contributed by atoms with Gasteiger partial charge in [0.15, 0.2) is 0 Å². The van der Waals surface area contributed by atoms with E-state index in [1.165, 1.54) is 13.2 Å². The van der Waals surface area contributed by atoms with E-state index in [9.17, 15) is 14.3 Å². The fourth-order valence-electron chi connectivity index (χ4n) is 3.24. The summed E-state index contributed by atoms with van der Waals surface area (Å²) in [4.78, 5) is 11.7. The summed E-state index contributed by atoms with van der Waals surface area (Å²) in [7, 11) is 1.24. The second-order valence-electron chi connectivity index (χ2n) is 6.71. The minimum absolute atomic E-state index is 0.0573. The monoisotopic (exact) mass is 322 g/mol. The number of hydrogen-bond acceptors (Lipinski definition) is 4. The van der Waals surface area contributed by atoms with Crippen LogP contribution in [0.25, 0.3) is 0 Å². The predicted molar refractivity (Wildman–Crippen MR) is 83.2 cm³/mol. The second-order valence-corrected chi connectivity index (χ2v) is 6.71. The Kier molecular flexibility index (Phi) is 4.57. The first-order valence-electron chi connectivity index (χ1n) is 8.29. The normalized spacial score (nSPS) is 20.1. The molecule has 1 aromatic carbocycles. The van der Waals surface area contributed by atoms with E-state index >= 15 is 0 Å². The zero-order valence-electron chi connectivity index (χ0n) is 13.4. The van der Waals surface area contributed by atoms with E-state index in [4.69, 9.17) is 4.74 Å². The molecule has 2 aliphatic carbocycles. The lowest BCUT2D eigenvalue weighted by molar-refractivity contribution is -0.0341. The molecule has 0 unspecified atom stereocenters. The highest BCUT2D eigenvalue weighted by atomic mass is 19.1. The largest absolute Gasteiger partial charge is 0.490 e. The first-order valence-corrected chi connectivity index (χ1v) is 8.29. The van der Waals surface area contributed by atoms with Gasteiger partial charge < -0.3 is 14.6 Å². The average Bonchev–Trinajstić information content (AvgIpc) is 3.38. The molecule has 23 heavy (non-hydrogen) atoms. The lowest BCUT2D eigenvalue weighted by Crippen LogP contribution is -2.38. The van der Waals surface area contributed by atoms with Crippen LogP contribution >= 0.6 is 0 Å². The Hall–Kier alpha value is -1.62. The predicted octanol–water partition coefficient (Wildman–Crippen LogP) is 3.56. The molecule has 0 saturated heterocycles. The maximum absolute atomic E-state index is 14.2. The van der Waals surface area contributed by atoms with Crippen molar-refractivity contribution < 1.29 is 23.8 Å². The number of esters is 1. The molecule has 0 amide bonds. The van der Waals surface area contributed by atoms with E-state index < -0.39 is 17.4 Å². The van der Waals surface area contributed by atoms with Crippen LogP contribution in [0, 0.1) is 5.82 Å². The van der Waals surface area contributed by atoms with E-state index in [-0.39, 0.29) is 12.2 Å². The molecule has 5 heteroatoms. The Morgan fingerprint density at radius 2 is 2.00 bits per heavy atom. The van der Waals surface area contributed by atoms with Gasteiger partial charge in [-0.15, -0.1) is 0 Å². The number of carbonyl (C=O) groups is 1. The van der Waals surface area contributed by atoms with Crippen LogP contribution in [0.2, 0.25) is 0 Å². The summed E-state index contributed by atoms with van der Waals surface area (Å²) in [5.41, 5.74) is -0.0411. The topological polar surface area (TPSA) is 55.8 Å². The highest BCUT2D eigenvalue weighted by molar-refractivity contribution is 5.90. The lowest BCUT2D eigenvalue weighted by atomic mass is 9.85. The third-order valence-corrected chi connectivity index (χ3v) is 4.80. The molecule has 3 rings (SSSR count). The molecule has 2 saturated carbocycles. The first-order chi connectivity index (χ1) is 11.0. The Balaban J connectivity index is 1.80. The van der Waals surface area contributed by atoms with Gasteiger partial charge in [0.2, 0.25) is 0 Å². The van der Waals surface area contributed by atoms with E-state index in [0.29, 0.717) is 24.5 Å². The second kappa shape index (κ2) is 6.48. The Labute approximate surface area is 135 Å². The van der Waals surface area contributed by atoms with Crippen molar-refractivity contribution in [2.75, 3.05) is 13.7 Å². The maximum atomic E-state index is 14.2. The van der Waals surface area contributed by atoms with Crippen molar-refractivity contribution in [3.05, 3.63) is 29.1 Å². The Morgan fingerprint density at radius 1 is 1.30 bits per heavy atom. The third kappa shape index (κ3) is 3.66. The summed E-state index contributed by atoms with van der Waals surface area (Å²) in [6, 6.07) is 2.80. The van der Waals surface area contributed by atoms with E-state index in [1.54, 1.807) is 6.07 Å². The highest BCUT2D eigenvalue weighted by Crippen LogP contribution is 2.45. The number of rotatable bonds is 5. The van der Waals surface area contributed by atoms with Gasteiger partial charge in [-0.25, -0.2) is 9.18 Å². The van der Waals surface area contributed by atoms with Crippen molar-refractivity contribution in [1.29, 1.82) is 0 Å². The fourth-order valence-corrected chi connectivity index (χ4v) is 3.24. The molecule has 0 aromatic heterocycles. The van der Waals surface area contributed by atoms with Crippen LogP contribution in [0.3, 0.4) is 0 Å². The minimum atomic E-state index is -0.823. The molecule has 0 aliphatic heterocycles. The molecule has 2 fully saturated rings. The van der Waals surface area contributed by atoms with E-state index in [0.717, 1.165) is 37.7 Å². The summed E-state index contributed by atoms with van der Waals surface area (Å²) < 4.78 is 24.6. The van der Waals surface area contributed by atoms with Crippen molar-refractivity contribution in [3.63, 3.8) is 0 Å². The standard InChI is InChI=1S/C18H23FO4/c1-22-17(20)14-9-13(12-5-6-12)16(10-15(14)19)23-11-18(21)7-3-2-4-8-18/h9-10,12,21H,2-8,11H2,1H3. The van der Waals surface area contributed by atoms with Crippen LogP contribution < -0.4 is 4.74 Å². The Bertz CT molecular complexity index is 589. The van der Waals surface area contributed by atoms with Crippen molar-refractivity contribution in [3.8, 4) is 5.75 Å². The summed E-state index contributed by atoms with van der Waals surface area (Å²) in [6.07, 6.45) is 6.57. The quantitative estimate of drug-likeness (QED) is 0.842. The van der Waals surface area contributed by atoms with Gasteiger partial charge in [-0.3, -0.25) is 0 Å². The number of halogens is 1. The van der Waals surface area contributed by atoms with Crippen LogP contribution in [0.5, 0.6) is 5.75 Å². The van der Waals surface area contributed by atoms with Crippen molar-refractivity contribution >= 4 is 5.97 Å². The molecule has 2 aliphatic rings. The first kappa shape index (κ1) is 16.2. The number of benzene rings is 1. The van der Waals surface area contributed by atoms with Crippen LogP contribution in [-0.2, 0) is 4.74 Å². The zero-order chi connectivity index (χ0) is 16.4. The molecule has 0 radical (unpaired) electrons. The SMILES string of the molecule is COC(=O)c1cc(C2CC2)c(OCC2(O)CCCCC2)cc1F. The highest BCUT2D eigenvalue weighted by Gasteiger charge is 2.33. The molecule has 0 bridgehead atoms. The van der Waals surface area contributed by atoms with Crippen LogP contribution in [0.1, 0.15) is 66.8 Å². The van der Waals surface area contributed by atoms with Crippen LogP contribution in [0.4, 0.5) is 4.39 Å². The van der Waals surface area contributed by atoms with Crippen molar-refractivity contribution in [2.24, 2.45) is 0 Å². The molecule has 0 atom stereocenters.